The SMILES string of the molecule is CC(C)(C)NS(=O)(=O)c1ccc(C(=O)Nc2ccccc2Br)o1. The molecular formula is C15H17BrN2O4S. The molecular weight excluding hydrogens is 384 g/mol. The van der Waals surface area contributed by atoms with E-state index in [0.717, 1.165) is 0 Å². The van der Waals surface area contributed by atoms with Crippen molar-refractivity contribution in [3.05, 3.63) is 46.6 Å². The van der Waals surface area contributed by atoms with Crippen LogP contribution >= 0.6 is 15.9 Å². The van der Waals surface area contributed by atoms with Crippen molar-refractivity contribution >= 4 is 37.5 Å². The first-order valence-corrected chi connectivity index (χ1v) is 9.06. The van der Waals surface area contributed by atoms with Gasteiger partial charge in [-0.05, 0) is 61.0 Å². The molecule has 8 heteroatoms. The summed E-state index contributed by atoms with van der Waals surface area (Å²) >= 11 is 3.32. The van der Waals surface area contributed by atoms with Crippen molar-refractivity contribution in [2.75, 3.05) is 5.32 Å². The summed E-state index contributed by atoms with van der Waals surface area (Å²) in [5.41, 5.74) is -0.0886. The highest BCUT2D eigenvalue weighted by atomic mass is 79.9. The summed E-state index contributed by atoms with van der Waals surface area (Å²) in [7, 11) is -3.82. The Morgan fingerprint density at radius 1 is 1.13 bits per heavy atom. The maximum absolute atomic E-state index is 12.2. The van der Waals surface area contributed by atoms with E-state index >= 15 is 0 Å². The summed E-state index contributed by atoms with van der Waals surface area (Å²) in [5, 5.41) is 2.34. The smallest absolute Gasteiger partial charge is 0.291 e. The molecule has 0 radical (unpaired) electrons. The molecule has 0 saturated carbocycles. The van der Waals surface area contributed by atoms with Crippen molar-refractivity contribution < 1.29 is 17.6 Å². The Kier molecular flexibility index (Phi) is 4.98. The van der Waals surface area contributed by atoms with Crippen LogP contribution in [0.4, 0.5) is 5.69 Å². The first kappa shape index (κ1) is 17.7. The molecule has 2 N–H and O–H groups in total. The van der Waals surface area contributed by atoms with E-state index in [-0.39, 0.29) is 10.9 Å². The summed E-state index contributed by atoms with van der Waals surface area (Å²) in [5.74, 6) is -0.621. The van der Waals surface area contributed by atoms with Gasteiger partial charge in [-0.3, -0.25) is 4.79 Å². The highest BCUT2D eigenvalue weighted by molar-refractivity contribution is 9.10. The average Bonchev–Trinajstić information content (AvgIpc) is 2.89. The number of benzene rings is 1. The third-order valence-corrected chi connectivity index (χ3v) is 4.95. The minimum Gasteiger partial charge on any atom is -0.438 e. The molecule has 1 amide bonds. The van der Waals surface area contributed by atoms with Crippen LogP contribution in [0.1, 0.15) is 31.3 Å². The predicted octanol–water partition coefficient (Wildman–Crippen LogP) is 3.37. The molecule has 2 aromatic rings. The second kappa shape index (κ2) is 6.46. The number of carbonyl (C=O) groups is 1. The summed E-state index contributed by atoms with van der Waals surface area (Å²) in [6.07, 6.45) is 0. The Hall–Kier alpha value is -1.64. The van der Waals surface area contributed by atoms with E-state index in [9.17, 15) is 13.2 Å². The lowest BCUT2D eigenvalue weighted by molar-refractivity contribution is 0.0991. The molecule has 0 aliphatic rings. The van der Waals surface area contributed by atoms with Crippen LogP contribution in [0, 0.1) is 0 Å². The van der Waals surface area contributed by atoms with Crippen molar-refractivity contribution in [3.8, 4) is 0 Å². The topological polar surface area (TPSA) is 88.4 Å². The first-order chi connectivity index (χ1) is 10.6. The monoisotopic (exact) mass is 400 g/mol. The fraction of sp³-hybridized carbons (Fsp3) is 0.267. The molecule has 0 unspecified atom stereocenters. The van der Waals surface area contributed by atoms with E-state index in [2.05, 4.69) is 26.0 Å². The van der Waals surface area contributed by atoms with E-state index in [1.807, 2.05) is 6.07 Å². The zero-order valence-corrected chi connectivity index (χ0v) is 15.3. The van der Waals surface area contributed by atoms with E-state index < -0.39 is 21.5 Å². The van der Waals surface area contributed by atoms with Gasteiger partial charge >= 0.3 is 0 Å². The molecule has 0 spiro atoms. The lowest BCUT2D eigenvalue weighted by Gasteiger charge is -2.18. The van der Waals surface area contributed by atoms with Crippen LogP contribution in [0.25, 0.3) is 0 Å². The number of amides is 1. The van der Waals surface area contributed by atoms with Gasteiger partial charge in [0, 0.05) is 10.0 Å². The van der Waals surface area contributed by atoms with Crippen molar-refractivity contribution in [1.82, 2.24) is 4.72 Å². The van der Waals surface area contributed by atoms with E-state index in [0.29, 0.717) is 10.2 Å². The van der Waals surface area contributed by atoms with Crippen LogP contribution in [-0.2, 0) is 10.0 Å². The Balaban J connectivity index is 2.19. The largest absolute Gasteiger partial charge is 0.438 e. The molecule has 124 valence electrons. The third kappa shape index (κ3) is 4.66. The Labute approximate surface area is 143 Å². The number of hydrogen-bond donors (Lipinski definition) is 2. The van der Waals surface area contributed by atoms with Gasteiger partial charge in [-0.1, -0.05) is 12.1 Å². The van der Waals surface area contributed by atoms with Crippen molar-refractivity contribution in [2.45, 2.75) is 31.4 Å². The van der Waals surface area contributed by atoms with Gasteiger partial charge in [0.05, 0.1) is 5.69 Å². The van der Waals surface area contributed by atoms with Crippen LogP contribution in [0.2, 0.25) is 0 Å². The number of rotatable bonds is 4. The molecule has 0 saturated heterocycles. The van der Waals surface area contributed by atoms with Crippen LogP contribution in [0.5, 0.6) is 0 Å². The van der Waals surface area contributed by atoms with Gasteiger partial charge in [-0.15, -0.1) is 0 Å². The van der Waals surface area contributed by atoms with E-state index in [1.54, 1.807) is 39.0 Å². The van der Waals surface area contributed by atoms with Crippen LogP contribution in [-0.4, -0.2) is 19.9 Å². The number of anilines is 1. The van der Waals surface area contributed by atoms with Gasteiger partial charge < -0.3 is 9.73 Å². The number of sulfonamides is 1. The van der Waals surface area contributed by atoms with Crippen molar-refractivity contribution in [2.24, 2.45) is 0 Å². The van der Waals surface area contributed by atoms with Gasteiger partial charge in [0.25, 0.3) is 15.9 Å². The highest BCUT2D eigenvalue weighted by Crippen LogP contribution is 2.23. The number of nitrogens with one attached hydrogen (secondary N) is 2. The zero-order valence-electron chi connectivity index (χ0n) is 12.9. The quantitative estimate of drug-likeness (QED) is 0.822. The average molecular weight is 401 g/mol. The fourth-order valence-corrected chi connectivity index (χ4v) is 3.52. The summed E-state index contributed by atoms with van der Waals surface area (Å²) < 4.78 is 32.7. The lowest BCUT2D eigenvalue weighted by Crippen LogP contribution is -2.40. The van der Waals surface area contributed by atoms with Gasteiger partial charge in [0.15, 0.2) is 5.76 Å². The second-order valence-corrected chi connectivity index (χ2v) is 8.38. The minimum absolute atomic E-state index is 0.0879. The molecule has 1 aromatic carbocycles. The summed E-state index contributed by atoms with van der Waals surface area (Å²) in [6.45, 7) is 5.15. The fourth-order valence-electron chi connectivity index (χ4n) is 1.79. The summed E-state index contributed by atoms with van der Waals surface area (Å²) in [6, 6.07) is 9.65. The standard InChI is InChI=1S/C15H17BrN2O4S/c1-15(2,3)18-23(20,21)13-9-8-12(22-13)14(19)17-11-7-5-4-6-10(11)16/h4-9,18H,1-3H3,(H,17,19). The number of halogens is 1. The minimum atomic E-state index is -3.82. The third-order valence-electron chi connectivity index (χ3n) is 2.63. The molecule has 0 fully saturated rings. The molecule has 0 bridgehead atoms. The zero-order chi connectivity index (χ0) is 17.3. The van der Waals surface area contributed by atoms with Crippen LogP contribution in [0.3, 0.4) is 0 Å². The Morgan fingerprint density at radius 3 is 2.39 bits per heavy atom. The van der Waals surface area contributed by atoms with Crippen molar-refractivity contribution in [1.29, 1.82) is 0 Å². The Morgan fingerprint density at radius 2 is 1.78 bits per heavy atom. The normalized spacial score (nSPS) is 12.2. The molecule has 23 heavy (non-hydrogen) atoms. The maximum Gasteiger partial charge on any atom is 0.291 e. The molecule has 0 atom stereocenters. The van der Waals surface area contributed by atoms with Crippen molar-refractivity contribution in [3.63, 3.8) is 0 Å². The van der Waals surface area contributed by atoms with Crippen LogP contribution < -0.4 is 10.0 Å². The van der Waals surface area contributed by atoms with Crippen LogP contribution in [0.15, 0.2) is 50.4 Å². The second-order valence-electron chi connectivity index (χ2n) is 5.91. The summed E-state index contributed by atoms with van der Waals surface area (Å²) in [4.78, 5) is 12.2. The van der Waals surface area contributed by atoms with Gasteiger partial charge in [-0.25, -0.2) is 13.1 Å². The predicted molar refractivity (Wildman–Crippen MR) is 90.9 cm³/mol. The Bertz CT molecular complexity index is 822. The molecule has 1 aromatic heterocycles. The number of para-hydroxylation sites is 1. The molecule has 2 rings (SSSR count). The number of hydrogen-bond acceptors (Lipinski definition) is 4. The molecule has 6 nitrogen and oxygen atoms in total. The molecule has 0 aliphatic heterocycles. The lowest BCUT2D eigenvalue weighted by atomic mass is 10.1. The molecule has 1 heterocycles. The van der Waals surface area contributed by atoms with Gasteiger partial charge in [0.1, 0.15) is 0 Å². The van der Waals surface area contributed by atoms with E-state index in [4.69, 9.17) is 4.42 Å². The van der Waals surface area contributed by atoms with Gasteiger partial charge in [0.2, 0.25) is 5.09 Å². The van der Waals surface area contributed by atoms with Gasteiger partial charge in [-0.2, -0.15) is 0 Å². The molecule has 0 aliphatic carbocycles. The highest BCUT2D eigenvalue weighted by Gasteiger charge is 2.26. The number of carbonyl (C=O) groups excluding carboxylic acids is 1. The number of furan rings is 1. The first-order valence-electron chi connectivity index (χ1n) is 6.78. The van der Waals surface area contributed by atoms with E-state index in [1.165, 1.54) is 12.1 Å². The maximum atomic E-state index is 12.2.